The summed E-state index contributed by atoms with van der Waals surface area (Å²) in [5, 5.41) is 3.03. The SMILES string of the molecule is Cc1cccc(N2C[C@H](NC(=O)c3ccc(CN4CCCCC4)cc3)CC2=O)c1. The third kappa shape index (κ3) is 4.85. The predicted octanol–water partition coefficient (Wildman–Crippen LogP) is 3.52. The van der Waals surface area contributed by atoms with Crippen LogP contribution in [0.5, 0.6) is 0 Å². The molecule has 5 heteroatoms. The average molecular weight is 392 g/mol. The van der Waals surface area contributed by atoms with Crippen LogP contribution in [0.2, 0.25) is 0 Å². The number of likely N-dealkylation sites (tertiary alicyclic amines) is 1. The lowest BCUT2D eigenvalue weighted by Crippen LogP contribution is -2.37. The Kier molecular flexibility index (Phi) is 5.95. The van der Waals surface area contributed by atoms with Crippen molar-refractivity contribution in [2.45, 2.75) is 45.2 Å². The number of rotatable bonds is 5. The van der Waals surface area contributed by atoms with Gasteiger partial charge in [0.15, 0.2) is 0 Å². The van der Waals surface area contributed by atoms with E-state index in [2.05, 4.69) is 10.2 Å². The van der Waals surface area contributed by atoms with Gasteiger partial charge in [0.25, 0.3) is 5.91 Å². The molecule has 2 aliphatic rings. The van der Waals surface area contributed by atoms with E-state index in [9.17, 15) is 9.59 Å². The number of hydrogen-bond donors (Lipinski definition) is 1. The molecule has 2 amide bonds. The van der Waals surface area contributed by atoms with Crippen molar-refractivity contribution in [1.29, 1.82) is 0 Å². The summed E-state index contributed by atoms with van der Waals surface area (Å²) in [4.78, 5) is 29.3. The van der Waals surface area contributed by atoms with Crippen molar-refractivity contribution < 1.29 is 9.59 Å². The van der Waals surface area contributed by atoms with Crippen LogP contribution in [0.1, 0.15) is 47.2 Å². The number of hydrogen-bond acceptors (Lipinski definition) is 3. The van der Waals surface area contributed by atoms with Crippen LogP contribution >= 0.6 is 0 Å². The Morgan fingerprint density at radius 2 is 1.83 bits per heavy atom. The highest BCUT2D eigenvalue weighted by molar-refractivity contribution is 5.99. The molecule has 2 aromatic carbocycles. The Labute approximate surface area is 172 Å². The highest BCUT2D eigenvalue weighted by Gasteiger charge is 2.31. The number of anilines is 1. The summed E-state index contributed by atoms with van der Waals surface area (Å²) in [5.74, 6) is -0.0591. The Morgan fingerprint density at radius 1 is 1.07 bits per heavy atom. The van der Waals surface area contributed by atoms with Crippen molar-refractivity contribution in [3.05, 3.63) is 65.2 Å². The molecule has 152 valence electrons. The van der Waals surface area contributed by atoms with Gasteiger partial charge in [-0.25, -0.2) is 0 Å². The number of piperidine rings is 1. The number of nitrogens with zero attached hydrogens (tertiary/aromatic N) is 2. The average Bonchev–Trinajstić information content (AvgIpc) is 3.09. The van der Waals surface area contributed by atoms with Crippen LogP contribution in [0.15, 0.2) is 48.5 Å². The smallest absolute Gasteiger partial charge is 0.251 e. The number of carbonyl (C=O) groups excluding carboxylic acids is 2. The van der Waals surface area contributed by atoms with Gasteiger partial charge in [-0.05, 0) is 68.2 Å². The fourth-order valence-electron chi connectivity index (χ4n) is 4.26. The van der Waals surface area contributed by atoms with E-state index in [1.54, 1.807) is 4.90 Å². The molecule has 0 spiro atoms. The van der Waals surface area contributed by atoms with Gasteiger partial charge in [0, 0.05) is 30.8 Å². The number of amides is 2. The van der Waals surface area contributed by atoms with Gasteiger partial charge in [0.1, 0.15) is 0 Å². The summed E-state index contributed by atoms with van der Waals surface area (Å²) in [6.07, 6.45) is 4.23. The van der Waals surface area contributed by atoms with E-state index in [4.69, 9.17) is 0 Å². The molecule has 2 saturated heterocycles. The molecule has 4 rings (SSSR count). The minimum atomic E-state index is -0.163. The number of aryl methyl sites for hydroxylation is 1. The van der Waals surface area contributed by atoms with Crippen molar-refractivity contribution in [1.82, 2.24) is 10.2 Å². The molecule has 2 fully saturated rings. The second-order valence-corrected chi connectivity index (χ2v) is 8.25. The molecule has 0 radical (unpaired) electrons. The maximum Gasteiger partial charge on any atom is 0.251 e. The Morgan fingerprint density at radius 3 is 2.55 bits per heavy atom. The summed E-state index contributed by atoms with van der Waals surface area (Å²) in [6.45, 7) is 5.80. The van der Waals surface area contributed by atoms with Crippen LogP contribution in [0, 0.1) is 6.92 Å². The van der Waals surface area contributed by atoms with Crippen LogP contribution in [-0.4, -0.2) is 42.4 Å². The fraction of sp³-hybridized carbons (Fsp3) is 0.417. The zero-order valence-electron chi connectivity index (χ0n) is 17.1. The van der Waals surface area contributed by atoms with Gasteiger partial charge in [-0.3, -0.25) is 14.5 Å². The van der Waals surface area contributed by atoms with Crippen LogP contribution in [-0.2, 0) is 11.3 Å². The molecule has 0 aliphatic carbocycles. The van der Waals surface area contributed by atoms with Gasteiger partial charge >= 0.3 is 0 Å². The molecule has 29 heavy (non-hydrogen) atoms. The fourth-order valence-corrected chi connectivity index (χ4v) is 4.26. The highest BCUT2D eigenvalue weighted by Crippen LogP contribution is 2.23. The zero-order chi connectivity index (χ0) is 20.2. The second-order valence-electron chi connectivity index (χ2n) is 8.25. The van der Waals surface area contributed by atoms with Gasteiger partial charge in [-0.2, -0.15) is 0 Å². The summed E-state index contributed by atoms with van der Waals surface area (Å²) >= 11 is 0. The maximum atomic E-state index is 12.7. The van der Waals surface area contributed by atoms with E-state index >= 15 is 0 Å². The minimum Gasteiger partial charge on any atom is -0.347 e. The van der Waals surface area contributed by atoms with Crippen LogP contribution in [0.3, 0.4) is 0 Å². The highest BCUT2D eigenvalue weighted by atomic mass is 16.2. The first kappa shape index (κ1) is 19.6. The molecule has 0 bridgehead atoms. The summed E-state index contributed by atoms with van der Waals surface area (Å²) in [5.41, 5.74) is 3.90. The quantitative estimate of drug-likeness (QED) is 0.849. The molecular formula is C24H29N3O2. The van der Waals surface area contributed by atoms with Gasteiger partial charge in [-0.15, -0.1) is 0 Å². The van der Waals surface area contributed by atoms with Gasteiger partial charge in [-0.1, -0.05) is 30.7 Å². The van der Waals surface area contributed by atoms with Crippen molar-refractivity contribution in [2.24, 2.45) is 0 Å². The summed E-state index contributed by atoms with van der Waals surface area (Å²) in [6, 6.07) is 15.6. The van der Waals surface area contributed by atoms with E-state index in [1.165, 1.54) is 24.8 Å². The van der Waals surface area contributed by atoms with Crippen LogP contribution in [0.4, 0.5) is 5.69 Å². The molecule has 0 aromatic heterocycles. The Balaban J connectivity index is 1.34. The van der Waals surface area contributed by atoms with E-state index in [1.807, 2.05) is 55.5 Å². The molecule has 2 heterocycles. The minimum absolute atomic E-state index is 0.0535. The van der Waals surface area contributed by atoms with Crippen molar-refractivity contribution >= 4 is 17.5 Å². The monoisotopic (exact) mass is 391 g/mol. The molecular weight excluding hydrogens is 362 g/mol. The van der Waals surface area contributed by atoms with Crippen molar-refractivity contribution in [3.63, 3.8) is 0 Å². The first-order valence-electron chi connectivity index (χ1n) is 10.6. The van der Waals surface area contributed by atoms with Gasteiger partial charge in [0.2, 0.25) is 5.91 Å². The number of benzene rings is 2. The third-order valence-electron chi connectivity index (χ3n) is 5.84. The van der Waals surface area contributed by atoms with Gasteiger partial charge in [0.05, 0.1) is 6.04 Å². The number of carbonyl (C=O) groups is 2. The lowest BCUT2D eigenvalue weighted by molar-refractivity contribution is -0.117. The predicted molar refractivity (Wildman–Crippen MR) is 115 cm³/mol. The molecule has 0 saturated carbocycles. The first-order chi connectivity index (χ1) is 14.1. The summed E-state index contributed by atoms with van der Waals surface area (Å²) < 4.78 is 0. The van der Waals surface area contributed by atoms with E-state index < -0.39 is 0 Å². The second kappa shape index (κ2) is 8.78. The molecule has 0 unspecified atom stereocenters. The van der Waals surface area contributed by atoms with Crippen molar-refractivity contribution in [2.75, 3.05) is 24.5 Å². The zero-order valence-corrected chi connectivity index (χ0v) is 17.1. The van der Waals surface area contributed by atoms with Gasteiger partial charge < -0.3 is 10.2 Å². The van der Waals surface area contributed by atoms with E-state index in [0.29, 0.717) is 18.5 Å². The maximum absolute atomic E-state index is 12.7. The summed E-state index contributed by atoms with van der Waals surface area (Å²) in [7, 11) is 0. The van der Waals surface area contributed by atoms with E-state index in [-0.39, 0.29) is 17.9 Å². The first-order valence-corrected chi connectivity index (χ1v) is 10.6. The molecule has 2 aromatic rings. The molecule has 5 nitrogen and oxygen atoms in total. The largest absolute Gasteiger partial charge is 0.347 e. The molecule has 2 aliphatic heterocycles. The standard InChI is InChI=1S/C24H29N3O2/c1-18-6-5-7-22(14-18)27-17-21(15-23(27)28)25-24(29)20-10-8-19(9-11-20)16-26-12-3-2-4-13-26/h5-11,14,21H,2-4,12-13,15-17H2,1H3,(H,25,29)/t21-/m1/s1. The molecule has 1 atom stereocenters. The van der Waals surface area contributed by atoms with Crippen LogP contribution in [0.25, 0.3) is 0 Å². The Bertz CT molecular complexity index is 872. The van der Waals surface area contributed by atoms with Crippen molar-refractivity contribution in [3.8, 4) is 0 Å². The lowest BCUT2D eigenvalue weighted by Gasteiger charge is -2.26. The normalized spacial score (nSPS) is 20.1. The Hall–Kier alpha value is -2.66. The topological polar surface area (TPSA) is 52.7 Å². The molecule has 1 N–H and O–H groups in total. The lowest BCUT2D eigenvalue weighted by atomic mass is 10.1. The van der Waals surface area contributed by atoms with E-state index in [0.717, 1.165) is 30.9 Å². The number of nitrogens with one attached hydrogen (secondary N) is 1. The van der Waals surface area contributed by atoms with Crippen LogP contribution < -0.4 is 10.2 Å². The third-order valence-corrected chi connectivity index (χ3v) is 5.84.